The highest BCUT2D eigenvalue weighted by molar-refractivity contribution is 5.81. The molecule has 0 saturated heterocycles. The van der Waals surface area contributed by atoms with Crippen molar-refractivity contribution in [3.05, 3.63) is 23.8 Å². The molecule has 0 aliphatic heterocycles. The minimum atomic E-state index is -1.57. The lowest BCUT2D eigenvalue weighted by molar-refractivity contribution is -0.153. The van der Waals surface area contributed by atoms with Crippen LogP contribution in [0.1, 0.15) is 86.1 Å². The first-order chi connectivity index (χ1) is 19.3. The topological polar surface area (TPSA) is 150 Å². The van der Waals surface area contributed by atoms with Crippen molar-refractivity contribution in [2.24, 2.45) is 17.6 Å². The van der Waals surface area contributed by atoms with Crippen molar-refractivity contribution in [3.63, 3.8) is 0 Å². The Morgan fingerprint density at radius 1 is 0.854 bits per heavy atom. The zero-order valence-corrected chi connectivity index (χ0v) is 25.7. The fourth-order valence-corrected chi connectivity index (χ4v) is 3.88. The second-order valence-corrected chi connectivity index (χ2v) is 10.7. The SMILES string of the molecule is CCCC(C)OC(=O)Oc1ccc(CC(N)(CCOC(=O)[C@@H](C)C(C)C)C(=O)OC)cc1OC(=O)OC(C)CCC. The maximum atomic E-state index is 12.7. The number of rotatable bonds is 16. The van der Waals surface area contributed by atoms with E-state index < -0.39 is 29.9 Å². The Morgan fingerprint density at radius 3 is 1.88 bits per heavy atom. The maximum Gasteiger partial charge on any atom is 0.514 e. The average Bonchev–Trinajstić information content (AvgIpc) is 2.89. The first kappa shape index (κ1) is 35.7. The average molecular weight is 582 g/mol. The predicted octanol–water partition coefficient (Wildman–Crippen LogP) is 5.73. The van der Waals surface area contributed by atoms with Gasteiger partial charge in [-0.2, -0.15) is 0 Å². The molecular formula is C30H47NO10. The molecular weight excluding hydrogens is 534 g/mol. The zero-order valence-electron chi connectivity index (χ0n) is 25.7. The fraction of sp³-hybridized carbons (Fsp3) is 0.667. The summed E-state index contributed by atoms with van der Waals surface area (Å²) in [4.78, 5) is 49.8. The smallest absolute Gasteiger partial charge is 0.468 e. The van der Waals surface area contributed by atoms with Crippen molar-refractivity contribution < 1.29 is 47.6 Å². The van der Waals surface area contributed by atoms with Gasteiger partial charge in [0.15, 0.2) is 11.5 Å². The summed E-state index contributed by atoms with van der Waals surface area (Å²) in [6.45, 7) is 12.9. The van der Waals surface area contributed by atoms with Crippen LogP contribution in [0.2, 0.25) is 0 Å². The second kappa shape index (κ2) is 17.5. The Morgan fingerprint density at radius 2 is 1.39 bits per heavy atom. The largest absolute Gasteiger partial charge is 0.514 e. The molecule has 0 spiro atoms. The van der Waals surface area contributed by atoms with Crippen LogP contribution in [0.3, 0.4) is 0 Å². The molecule has 1 aromatic rings. The molecule has 0 bridgehead atoms. The summed E-state index contributed by atoms with van der Waals surface area (Å²) in [6.07, 6.45) is 0.106. The van der Waals surface area contributed by atoms with Crippen LogP contribution in [0.4, 0.5) is 9.59 Å². The van der Waals surface area contributed by atoms with Crippen molar-refractivity contribution >= 4 is 24.2 Å². The Kier molecular flexibility index (Phi) is 15.2. The van der Waals surface area contributed by atoms with Crippen LogP contribution in [-0.2, 0) is 35.0 Å². The molecule has 0 heterocycles. The third-order valence-electron chi connectivity index (χ3n) is 6.66. The Hall–Kier alpha value is -3.34. The van der Waals surface area contributed by atoms with Crippen LogP contribution < -0.4 is 15.2 Å². The normalized spacial score (nSPS) is 14.7. The van der Waals surface area contributed by atoms with Gasteiger partial charge in [-0.25, -0.2) is 9.59 Å². The predicted molar refractivity (Wildman–Crippen MR) is 152 cm³/mol. The molecule has 2 N–H and O–H groups in total. The van der Waals surface area contributed by atoms with E-state index in [2.05, 4.69) is 0 Å². The number of hydrogen-bond donors (Lipinski definition) is 1. The molecule has 232 valence electrons. The summed E-state index contributed by atoms with van der Waals surface area (Å²) in [5.74, 6) is -1.53. The lowest BCUT2D eigenvalue weighted by Gasteiger charge is -2.27. The quantitative estimate of drug-likeness (QED) is 0.145. The van der Waals surface area contributed by atoms with Gasteiger partial charge in [0.1, 0.15) is 17.7 Å². The molecule has 4 atom stereocenters. The van der Waals surface area contributed by atoms with Crippen molar-refractivity contribution in [1.82, 2.24) is 0 Å². The molecule has 1 aromatic carbocycles. The minimum absolute atomic E-state index is 0.0249. The summed E-state index contributed by atoms with van der Waals surface area (Å²) < 4.78 is 31.5. The van der Waals surface area contributed by atoms with E-state index in [9.17, 15) is 19.2 Å². The van der Waals surface area contributed by atoms with E-state index in [0.717, 1.165) is 12.8 Å². The number of ether oxygens (including phenoxy) is 6. The maximum absolute atomic E-state index is 12.7. The summed E-state index contributed by atoms with van der Waals surface area (Å²) in [5.41, 5.74) is 5.35. The van der Waals surface area contributed by atoms with Crippen LogP contribution in [-0.4, -0.2) is 55.7 Å². The van der Waals surface area contributed by atoms with Crippen molar-refractivity contribution in [2.75, 3.05) is 13.7 Å². The van der Waals surface area contributed by atoms with Gasteiger partial charge in [0.25, 0.3) is 0 Å². The number of methoxy groups -OCH3 is 1. The summed E-state index contributed by atoms with van der Waals surface area (Å²) in [5, 5.41) is 0. The van der Waals surface area contributed by atoms with Crippen LogP contribution in [0.5, 0.6) is 11.5 Å². The molecule has 0 fully saturated rings. The van der Waals surface area contributed by atoms with Gasteiger partial charge in [-0.3, -0.25) is 9.59 Å². The van der Waals surface area contributed by atoms with Gasteiger partial charge in [0.05, 0.1) is 19.6 Å². The molecule has 0 saturated carbocycles. The number of nitrogens with two attached hydrogens (primary N) is 1. The monoisotopic (exact) mass is 581 g/mol. The van der Waals surface area contributed by atoms with Crippen LogP contribution in [0, 0.1) is 11.8 Å². The third kappa shape index (κ3) is 12.4. The standard InChI is InChI=1S/C30H47NO10/c1-9-11-20(5)38-28(34)40-24-14-13-23(17-25(24)41-29(35)39-21(6)12-10-2)18-30(31,27(33)36-8)15-16-37-26(32)22(7)19(3)4/h13-14,17,19-22H,9-12,15-16,18,31H2,1-8H3/t20?,21?,22-,30?/m0/s1. The van der Waals surface area contributed by atoms with E-state index >= 15 is 0 Å². The Bertz CT molecular complexity index is 1010. The fourth-order valence-electron chi connectivity index (χ4n) is 3.88. The van der Waals surface area contributed by atoms with Gasteiger partial charge in [-0.1, -0.05) is 53.5 Å². The van der Waals surface area contributed by atoms with E-state index in [1.807, 2.05) is 27.7 Å². The van der Waals surface area contributed by atoms with Crippen LogP contribution >= 0.6 is 0 Å². The van der Waals surface area contributed by atoms with Crippen molar-refractivity contribution in [1.29, 1.82) is 0 Å². The van der Waals surface area contributed by atoms with E-state index in [0.29, 0.717) is 18.4 Å². The second-order valence-electron chi connectivity index (χ2n) is 10.7. The highest BCUT2D eigenvalue weighted by atomic mass is 16.7. The van der Waals surface area contributed by atoms with Gasteiger partial charge in [0.2, 0.25) is 0 Å². The Balaban J connectivity index is 3.21. The first-order valence-corrected chi connectivity index (χ1v) is 14.2. The summed E-state index contributed by atoms with van der Waals surface area (Å²) in [6, 6.07) is 4.38. The zero-order chi connectivity index (χ0) is 31.2. The number of carbonyl (C=O) groups excluding carboxylic acids is 4. The molecule has 41 heavy (non-hydrogen) atoms. The van der Waals surface area contributed by atoms with Gasteiger partial charge in [0, 0.05) is 12.8 Å². The van der Waals surface area contributed by atoms with Crippen molar-refractivity contribution in [2.45, 2.75) is 105 Å². The molecule has 0 aromatic heterocycles. The highest BCUT2D eigenvalue weighted by Crippen LogP contribution is 2.31. The molecule has 0 aliphatic rings. The lowest BCUT2D eigenvalue weighted by Crippen LogP contribution is -2.51. The molecule has 11 nitrogen and oxygen atoms in total. The first-order valence-electron chi connectivity index (χ1n) is 14.2. The van der Waals surface area contributed by atoms with Gasteiger partial charge < -0.3 is 34.2 Å². The molecule has 0 aliphatic carbocycles. The van der Waals surface area contributed by atoms with Gasteiger partial charge in [-0.05, 0) is 50.3 Å². The molecule has 3 unspecified atom stereocenters. The van der Waals surface area contributed by atoms with Crippen LogP contribution in [0.25, 0.3) is 0 Å². The van der Waals surface area contributed by atoms with Crippen molar-refractivity contribution in [3.8, 4) is 11.5 Å². The van der Waals surface area contributed by atoms with Gasteiger partial charge in [-0.15, -0.1) is 0 Å². The van der Waals surface area contributed by atoms with E-state index in [1.165, 1.54) is 19.2 Å². The lowest BCUT2D eigenvalue weighted by atomic mass is 9.88. The minimum Gasteiger partial charge on any atom is -0.468 e. The molecule has 1 rings (SSSR count). The van der Waals surface area contributed by atoms with E-state index in [1.54, 1.807) is 26.8 Å². The summed E-state index contributed by atoms with van der Waals surface area (Å²) in [7, 11) is 1.21. The number of hydrogen-bond acceptors (Lipinski definition) is 11. The highest BCUT2D eigenvalue weighted by Gasteiger charge is 2.36. The van der Waals surface area contributed by atoms with Gasteiger partial charge >= 0.3 is 24.2 Å². The molecule has 0 radical (unpaired) electrons. The Labute approximate surface area is 243 Å². The third-order valence-corrected chi connectivity index (χ3v) is 6.66. The molecule has 0 amide bonds. The number of benzene rings is 1. The number of esters is 2. The van der Waals surface area contributed by atoms with E-state index in [-0.39, 0.29) is 54.9 Å². The van der Waals surface area contributed by atoms with Crippen LogP contribution in [0.15, 0.2) is 18.2 Å². The van der Waals surface area contributed by atoms with E-state index in [4.69, 9.17) is 34.2 Å². The molecule has 11 heteroatoms. The summed E-state index contributed by atoms with van der Waals surface area (Å²) >= 11 is 0. The number of carbonyl (C=O) groups is 4.